The van der Waals surface area contributed by atoms with Gasteiger partial charge in [-0.1, -0.05) is 6.92 Å². The lowest BCUT2D eigenvalue weighted by atomic mass is 10.3. The van der Waals surface area contributed by atoms with Crippen LogP contribution in [0.1, 0.15) is 19.0 Å². The number of rotatable bonds is 6. The highest BCUT2D eigenvalue weighted by Crippen LogP contribution is 2.13. The van der Waals surface area contributed by atoms with E-state index in [4.69, 9.17) is 9.84 Å². The van der Waals surface area contributed by atoms with Gasteiger partial charge in [0, 0.05) is 6.07 Å². The van der Waals surface area contributed by atoms with E-state index in [1.807, 2.05) is 0 Å². The van der Waals surface area contributed by atoms with E-state index in [0.29, 0.717) is 0 Å². The number of ether oxygens (including phenoxy) is 1. The summed E-state index contributed by atoms with van der Waals surface area (Å²) in [5.41, 5.74) is 0.190. The third-order valence-electron chi connectivity index (χ3n) is 2.33. The van der Waals surface area contributed by atoms with Gasteiger partial charge in [-0.25, -0.2) is 8.42 Å². The van der Waals surface area contributed by atoms with Crippen LogP contribution in [0.4, 0.5) is 0 Å². The largest absolute Gasteiger partial charge is 0.480 e. The molecule has 0 amide bonds. The third kappa shape index (κ3) is 3.39. The number of carbonyl (C=O) groups is 1. The first-order valence-electron chi connectivity index (χ1n) is 5.21. The summed E-state index contributed by atoms with van der Waals surface area (Å²) in [4.78, 5) is 10.8. The molecular weight excluding hydrogens is 260 g/mol. The summed E-state index contributed by atoms with van der Waals surface area (Å²) in [7, 11) is -2.37. The van der Waals surface area contributed by atoms with Crippen LogP contribution >= 0.6 is 0 Å². The Morgan fingerprint density at radius 1 is 1.44 bits per heavy atom. The molecule has 0 radical (unpaired) electrons. The number of hydrogen-bond donors (Lipinski definition) is 1. The molecule has 8 heteroatoms. The van der Waals surface area contributed by atoms with Gasteiger partial charge >= 0.3 is 5.97 Å². The zero-order valence-corrected chi connectivity index (χ0v) is 10.8. The number of hydrogen-bond acceptors (Lipinski definition) is 6. The average Bonchev–Trinajstić information content (AvgIpc) is 2.29. The van der Waals surface area contributed by atoms with Crippen molar-refractivity contribution < 1.29 is 23.1 Å². The molecule has 0 aliphatic rings. The molecule has 1 aromatic heterocycles. The highest BCUT2D eigenvalue weighted by molar-refractivity contribution is 7.92. The number of carboxylic acid groups (broad SMARTS) is 1. The molecule has 1 rings (SSSR count). The third-order valence-corrected chi connectivity index (χ3v) is 4.43. The Bertz CT molecular complexity index is 512. The molecule has 0 bridgehead atoms. The molecule has 1 N–H and O–H groups in total. The summed E-state index contributed by atoms with van der Waals surface area (Å²) in [6.07, 6.45) is 0.0151. The average molecular weight is 274 g/mol. The zero-order valence-electron chi connectivity index (χ0n) is 10.0. The first-order valence-corrected chi connectivity index (χ1v) is 6.93. The fourth-order valence-corrected chi connectivity index (χ4v) is 3.00. The molecule has 1 atom stereocenters. The molecule has 0 aromatic carbocycles. The standard InChI is InChI=1S/C10H14N2O5S/c1-3-8(10(13)14)18(15,16)6-7-4-5-9(17-2)12-11-7/h4-5,8H,3,6H2,1-2H3,(H,13,14). The fraction of sp³-hybridized carbons (Fsp3) is 0.500. The van der Waals surface area contributed by atoms with Gasteiger partial charge in [0.05, 0.1) is 18.6 Å². The van der Waals surface area contributed by atoms with Crippen LogP contribution in [0.15, 0.2) is 12.1 Å². The normalized spacial score (nSPS) is 13.0. The van der Waals surface area contributed by atoms with E-state index in [0.717, 1.165) is 0 Å². The molecule has 0 spiro atoms. The predicted octanol–water partition coefficient (Wildman–Crippen LogP) is 0.263. The maximum Gasteiger partial charge on any atom is 0.321 e. The van der Waals surface area contributed by atoms with Crippen LogP contribution in [-0.2, 0) is 20.4 Å². The molecule has 1 unspecified atom stereocenters. The Morgan fingerprint density at radius 2 is 2.11 bits per heavy atom. The van der Waals surface area contributed by atoms with E-state index in [9.17, 15) is 13.2 Å². The highest BCUT2D eigenvalue weighted by atomic mass is 32.2. The lowest BCUT2D eigenvalue weighted by molar-refractivity contribution is -0.136. The summed E-state index contributed by atoms with van der Waals surface area (Å²) in [5.74, 6) is -1.53. The van der Waals surface area contributed by atoms with Gasteiger partial charge in [-0.2, -0.15) is 5.10 Å². The quantitative estimate of drug-likeness (QED) is 0.793. The van der Waals surface area contributed by atoms with Gasteiger partial charge in [-0.05, 0) is 12.5 Å². The summed E-state index contributed by atoms with van der Waals surface area (Å²) >= 11 is 0. The fourth-order valence-electron chi connectivity index (χ4n) is 1.42. The van der Waals surface area contributed by atoms with Crippen LogP contribution < -0.4 is 4.74 Å². The first-order chi connectivity index (χ1) is 8.40. The second-order valence-corrected chi connectivity index (χ2v) is 5.79. The number of sulfone groups is 1. The molecule has 0 saturated carbocycles. The summed E-state index contributed by atoms with van der Waals surface area (Å²) in [6, 6.07) is 2.91. The Morgan fingerprint density at radius 3 is 2.50 bits per heavy atom. The number of nitrogens with zero attached hydrogens (tertiary/aromatic N) is 2. The number of carboxylic acids is 1. The smallest absolute Gasteiger partial charge is 0.321 e. The molecule has 0 aliphatic carbocycles. The van der Waals surface area contributed by atoms with Crippen molar-refractivity contribution in [2.45, 2.75) is 24.3 Å². The maximum absolute atomic E-state index is 11.8. The molecule has 7 nitrogen and oxygen atoms in total. The van der Waals surface area contributed by atoms with E-state index in [-0.39, 0.29) is 18.0 Å². The van der Waals surface area contributed by atoms with Crippen molar-refractivity contribution in [2.75, 3.05) is 7.11 Å². The zero-order chi connectivity index (χ0) is 13.8. The number of aliphatic carboxylic acids is 1. The minimum absolute atomic E-state index is 0.0151. The molecule has 18 heavy (non-hydrogen) atoms. The van der Waals surface area contributed by atoms with Gasteiger partial charge in [-0.15, -0.1) is 5.10 Å². The summed E-state index contributed by atoms with van der Waals surface area (Å²) in [6.45, 7) is 1.51. The highest BCUT2D eigenvalue weighted by Gasteiger charge is 2.31. The Balaban J connectivity index is 2.90. The van der Waals surface area contributed by atoms with Crippen LogP contribution in [-0.4, -0.2) is 42.1 Å². The van der Waals surface area contributed by atoms with E-state index in [1.165, 1.54) is 26.2 Å². The minimum atomic E-state index is -3.79. The summed E-state index contributed by atoms with van der Waals surface area (Å²) < 4.78 is 28.5. The van der Waals surface area contributed by atoms with Gasteiger partial charge in [0.25, 0.3) is 0 Å². The van der Waals surface area contributed by atoms with Crippen LogP contribution in [0.25, 0.3) is 0 Å². The molecular formula is C10H14N2O5S. The second-order valence-electron chi connectivity index (χ2n) is 3.61. The van der Waals surface area contributed by atoms with Gasteiger partial charge in [0.15, 0.2) is 15.1 Å². The van der Waals surface area contributed by atoms with Crippen molar-refractivity contribution in [1.82, 2.24) is 10.2 Å². The monoisotopic (exact) mass is 274 g/mol. The van der Waals surface area contributed by atoms with Crippen LogP contribution in [0.5, 0.6) is 5.88 Å². The molecule has 0 fully saturated rings. The van der Waals surface area contributed by atoms with Crippen molar-refractivity contribution >= 4 is 15.8 Å². The lowest BCUT2D eigenvalue weighted by Crippen LogP contribution is -2.30. The van der Waals surface area contributed by atoms with Crippen LogP contribution in [0, 0.1) is 0 Å². The topological polar surface area (TPSA) is 106 Å². The van der Waals surface area contributed by atoms with Gasteiger partial charge < -0.3 is 9.84 Å². The SMILES string of the molecule is CCC(C(=O)O)S(=O)(=O)Cc1ccc(OC)nn1. The van der Waals surface area contributed by atoms with Gasteiger partial charge in [0.2, 0.25) is 5.88 Å². The summed E-state index contributed by atoms with van der Waals surface area (Å²) in [5, 5.41) is 14.7. The molecule has 1 heterocycles. The van der Waals surface area contributed by atoms with Crippen molar-refractivity contribution in [1.29, 1.82) is 0 Å². The van der Waals surface area contributed by atoms with E-state index in [1.54, 1.807) is 0 Å². The number of aromatic nitrogens is 2. The second kappa shape index (κ2) is 5.76. The Labute approximate surface area is 105 Å². The van der Waals surface area contributed by atoms with Crippen molar-refractivity contribution in [2.24, 2.45) is 0 Å². The van der Waals surface area contributed by atoms with E-state index >= 15 is 0 Å². The van der Waals surface area contributed by atoms with Crippen LogP contribution in [0.3, 0.4) is 0 Å². The van der Waals surface area contributed by atoms with E-state index in [2.05, 4.69) is 10.2 Å². The molecule has 0 aliphatic heterocycles. The Kier molecular flexibility index (Phi) is 4.60. The first kappa shape index (κ1) is 14.4. The van der Waals surface area contributed by atoms with Crippen molar-refractivity contribution in [3.05, 3.63) is 17.8 Å². The lowest BCUT2D eigenvalue weighted by Gasteiger charge is -2.10. The Hall–Kier alpha value is -1.70. The molecule has 100 valence electrons. The van der Waals surface area contributed by atoms with Gasteiger partial charge in [0.1, 0.15) is 0 Å². The van der Waals surface area contributed by atoms with Crippen molar-refractivity contribution in [3.8, 4) is 5.88 Å². The van der Waals surface area contributed by atoms with E-state index < -0.39 is 26.8 Å². The number of methoxy groups -OCH3 is 1. The predicted molar refractivity (Wildman–Crippen MR) is 62.9 cm³/mol. The minimum Gasteiger partial charge on any atom is -0.480 e. The van der Waals surface area contributed by atoms with Crippen molar-refractivity contribution in [3.63, 3.8) is 0 Å². The molecule has 1 aromatic rings. The maximum atomic E-state index is 11.8. The molecule has 0 saturated heterocycles. The van der Waals surface area contributed by atoms with Crippen LogP contribution in [0.2, 0.25) is 0 Å². The van der Waals surface area contributed by atoms with Gasteiger partial charge in [-0.3, -0.25) is 4.79 Å².